The zero-order chi connectivity index (χ0) is 29.1. The predicted molar refractivity (Wildman–Crippen MR) is 162 cm³/mol. The Morgan fingerprint density at radius 3 is 2.31 bits per heavy atom. The molecule has 4 atom stereocenters. The van der Waals surface area contributed by atoms with Crippen molar-refractivity contribution in [3.05, 3.63) is 40.3 Å². The third kappa shape index (κ3) is 6.27. The van der Waals surface area contributed by atoms with E-state index < -0.39 is 5.97 Å². The lowest BCUT2D eigenvalue weighted by molar-refractivity contribution is -0.136. The number of benzene rings is 1. The lowest BCUT2D eigenvalue weighted by Crippen LogP contribution is -2.58. The molecule has 0 amide bonds. The molecule has 2 saturated carbocycles. The van der Waals surface area contributed by atoms with E-state index in [-0.39, 0.29) is 42.5 Å². The van der Waals surface area contributed by atoms with Gasteiger partial charge in [0.1, 0.15) is 12.3 Å². The molecule has 42 heavy (non-hydrogen) atoms. The second kappa shape index (κ2) is 13.2. The summed E-state index contributed by atoms with van der Waals surface area (Å²) in [5, 5.41) is 13.6. The largest absolute Gasteiger partial charge is 0.481 e. The molecule has 6 rings (SSSR count). The van der Waals surface area contributed by atoms with Crippen LogP contribution in [0.1, 0.15) is 102 Å². The molecular formula is C33H46N4O5. The van der Waals surface area contributed by atoms with Gasteiger partial charge >= 0.3 is 5.97 Å². The quantitative estimate of drug-likeness (QED) is 0.224. The maximum atomic E-state index is 14.3. The molecule has 1 aromatic carbocycles. The number of piperidine rings is 2. The second-order valence-electron chi connectivity index (χ2n) is 13.1. The van der Waals surface area contributed by atoms with Crippen LogP contribution in [0.15, 0.2) is 34.2 Å². The topological polar surface area (TPSA) is 106 Å². The fourth-order valence-electron chi connectivity index (χ4n) is 8.69. The number of carbonyl (C=O) groups is 1. The van der Waals surface area contributed by atoms with Crippen molar-refractivity contribution in [2.24, 2.45) is 17.0 Å². The fourth-order valence-corrected chi connectivity index (χ4v) is 8.69. The molecule has 9 heteroatoms. The van der Waals surface area contributed by atoms with Crippen molar-refractivity contribution in [3.63, 3.8) is 0 Å². The molecule has 4 bridgehead atoms. The molecule has 4 unspecified atom stereocenters. The van der Waals surface area contributed by atoms with E-state index in [1.54, 1.807) is 7.11 Å². The molecule has 2 saturated heterocycles. The van der Waals surface area contributed by atoms with Crippen molar-refractivity contribution in [2.45, 2.75) is 114 Å². The number of hydrogen-bond donors (Lipinski definition) is 1. The van der Waals surface area contributed by atoms with Gasteiger partial charge in [-0.15, -0.1) is 0 Å². The zero-order valence-corrected chi connectivity index (χ0v) is 25.0. The number of aromatic nitrogens is 2. The van der Waals surface area contributed by atoms with Crippen LogP contribution in [-0.2, 0) is 14.4 Å². The summed E-state index contributed by atoms with van der Waals surface area (Å²) < 4.78 is 7.01. The Morgan fingerprint density at radius 1 is 0.905 bits per heavy atom. The van der Waals surface area contributed by atoms with Gasteiger partial charge in [0, 0.05) is 37.7 Å². The van der Waals surface area contributed by atoms with E-state index in [0.29, 0.717) is 24.7 Å². The number of nitrogens with zero attached hydrogens (tertiary/aromatic N) is 4. The summed E-state index contributed by atoms with van der Waals surface area (Å²) in [6.45, 7) is 0.550. The highest BCUT2D eigenvalue weighted by molar-refractivity contribution is 6.00. The maximum absolute atomic E-state index is 14.3. The molecule has 3 heterocycles. The highest BCUT2D eigenvalue weighted by atomic mass is 16.6. The van der Waals surface area contributed by atoms with Crippen molar-refractivity contribution in [2.75, 3.05) is 20.3 Å². The zero-order valence-electron chi connectivity index (χ0n) is 25.0. The molecule has 4 fully saturated rings. The van der Waals surface area contributed by atoms with E-state index in [1.165, 1.54) is 64.2 Å². The lowest BCUT2D eigenvalue weighted by Gasteiger charge is -2.54. The number of rotatable bonds is 10. The van der Waals surface area contributed by atoms with Gasteiger partial charge in [0.2, 0.25) is 0 Å². The molecule has 0 radical (unpaired) electrons. The molecule has 1 aromatic heterocycles. The van der Waals surface area contributed by atoms with E-state index in [9.17, 15) is 14.7 Å². The van der Waals surface area contributed by atoms with Gasteiger partial charge in [-0.25, -0.2) is 4.98 Å². The van der Waals surface area contributed by atoms with Crippen molar-refractivity contribution in [1.29, 1.82) is 0 Å². The first kappa shape index (κ1) is 29.3. The number of ether oxygens (including phenoxy) is 1. The van der Waals surface area contributed by atoms with E-state index >= 15 is 0 Å². The molecule has 1 N–H and O–H groups in total. The normalized spacial score (nSPS) is 30.2. The van der Waals surface area contributed by atoms with Crippen molar-refractivity contribution < 1.29 is 19.5 Å². The van der Waals surface area contributed by atoms with E-state index in [0.717, 1.165) is 35.7 Å². The summed E-state index contributed by atoms with van der Waals surface area (Å²) in [4.78, 5) is 38.8. The molecule has 0 spiro atoms. The number of carboxylic acids is 1. The van der Waals surface area contributed by atoms with Crippen LogP contribution >= 0.6 is 0 Å². The molecule has 228 valence electrons. The first-order valence-electron chi connectivity index (χ1n) is 16.2. The Labute approximate surface area is 248 Å². The summed E-state index contributed by atoms with van der Waals surface area (Å²) >= 11 is 0. The van der Waals surface area contributed by atoms with E-state index in [1.807, 2.05) is 28.8 Å². The Morgan fingerprint density at radius 2 is 1.62 bits per heavy atom. The summed E-state index contributed by atoms with van der Waals surface area (Å²) in [5.74, 6) is 0.820. The molecule has 2 aromatic rings. The Bertz CT molecular complexity index is 1310. The number of fused-ring (bicyclic) bond motifs is 5. The standard InChI is InChI=1S/C33H46N4O5/c1-41-15-16-42-35-29(13-14-31(38)39)32-33(40)37(30-12-5-4-11-28(30)34-32)27-20-24-9-6-10-25(21-27)36(24)26-18-22-7-2-3-8-23(17-22)19-26/h4-5,11-12,22-27H,2-3,6-10,13-21H2,1H3,(H,38,39). The minimum absolute atomic E-state index is 0.0661. The number of methoxy groups -OCH3 is 1. The SMILES string of the molecule is COCCON=C(CCC(=O)O)c1nc2ccccc2n(C2CC3CCCC(C2)N3C2CC3CCCCC(C3)C2)c1=O. The van der Waals surface area contributed by atoms with Gasteiger partial charge in [-0.05, 0) is 68.9 Å². The van der Waals surface area contributed by atoms with Gasteiger partial charge in [0.05, 0.1) is 24.1 Å². The van der Waals surface area contributed by atoms with E-state index in [4.69, 9.17) is 14.6 Å². The molecule has 2 aliphatic heterocycles. The Balaban J connectivity index is 1.33. The highest BCUT2D eigenvalue weighted by Crippen LogP contribution is 2.47. The van der Waals surface area contributed by atoms with E-state index in [2.05, 4.69) is 10.1 Å². The van der Waals surface area contributed by atoms with Crippen molar-refractivity contribution in [1.82, 2.24) is 14.5 Å². The summed E-state index contributed by atoms with van der Waals surface area (Å²) in [5.41, 5.74) is 1.82. The number of hydrogen-bond acceptors (Lipinski definition) is 7. The van der Waals surface area contributed by atoms with Crippen LogP contribution in [0.2, 0.25) is 0 Å². The fraction of sp³-hybridized carbons (Fsp3) is 0.697. The molecule has 2 aliphatic carbocycles. The van der Waals surface area contributed by atoms with Gasteiger partial charge in [-0.2, -0.15) is 0 Å². The summed E-state index contributed by atoms with van der Waals surface area (Å²) in [6.07, 6.45) is 15.2. The van der Waals surface area contributed by atoms with Crippen LogP contribution in [0.5, 0.6) is 0 Å². The first-order valence-corrected chi connectivity index (χ1v) is 16.2. The highest BCUT2D eigenvalue weighted by Gasteiger charge is 2.45. The number of oxime groups is 1. The average Bonchev–Trinajstić information content (AvgIpc) is 3.15. The van der Waals surface area contributed by atoms with Gasteiger partial charge in [0.15, 0.2) is 5.69 Å². The minimum Gasteiger partial charge on any atom is -0.481 e. The summed E-state index contributed by atoms with van der Waals surface area (Å²) in [6, 6.07) is 9.55. The average molecular weight is 579 g/mol. The van der Waals surface area contributed by atoms with Crippen LogP contribution in [0.25, 0.3) is 11.0 Å². The number of para-hydroxylation sites is 2. The van der Waals surface area contributed by atoms with Crippen LogP contribution in [-0.4, -0.2) is 69.7 Å². The molecule has 4 aliphatic rings. The van der Waals surface area contributed by atoms with Crippen molar-refractivity contribution in [3.8, 4) is 0 Å². The van der Waals surface area contributed by atoms with Gasteiger partial charge in [-0.3, -0.25) is 14.5 Å². The Hall–Kier alpha value is -2.78. The second-order valence-corrected chi connectivity index (χ2v) is 13.1. The summed E-state index contributed by atoms with van der Waals surface area (Å²) in [7, 11) is 1.57. The molecule has 9 nitrogen and oxygen atoms in total. The minimum atomic E-state index is -0.955. The van der Waals surface area contributed by atoms with Gasteiger partial charge in [-0.1, -0.05) is 49.4 Å². The maximum Gasteiger partial charge on any atom is 0.303 e. The third-order valence-electron chi connectivity index (χ3n) is 10.3. The van der Waals surface area contributed by atoms with Gasteiger partial charge < -0.3 is 19.2 Å². The van der Waals surface area contributed by atoms with Crippen LogP contribution in [0.3, 0.4) is 0 Å². The third-order valence-corrected chi connectivity index (χ3v) is 10.3. The van der Waals surface area contributed by atoms with Crippen LogP contribution in [0.4, 0.5) is 0 Å². The van der Waals surface area contributed by atoms with Crippen LogP contribution in [0, 0.1) is 11.8 Å². The first-order chi connectivity index (χ1) is 20.5. The smallest absolute Gasteiger partial charge is 0.303 e. The molecular weight excluding hydrogens is 532 g/mol. The number of aliphatic carboxylic acids is 1. The number of carboxylic acid groups (broad SMARTS) is 1. The monoisotopic (exact) mass is 578 g/mol. The lowest BCUT2D eigenvalue weighted by atomic mass is 9.73. The van der Waals surface area contributed by atoms with Crippen molar-refractivity contribution >= 4 is 22.7 Å². The van der Waals surface area contributed by atoms with Gasteiger partial charge in [0.25, 0.3) is 5.56 Å². The van der Waals surface area contributed by atoms with Crippen LogP contribution < -0.4 is 5.56 Å². The Kier molecular flexibility index (Phi) is 9.24. The predicted octanol–water partition coefficient (Wildman–Crippen LogP) is 5.55.